The van der Waals surface area contributed by atoms with Gasteiger partial charge >= 0.3 is 0 Å². The molecule has 2 atom stereocenters. The van der Waals surface area contributed by atoms with Crippen LogP contribution in [0.1, 0.15) is 38.5 Å². The van der Waals surface area contributed by atoms with Crippen LogP contribution in [-0.4, -0.2) is 67.7 Å². The molecular weight excluding hydrogens is 359 g/mol. The molecule has 0 aromatic heterocycles. The second kappa shape index (κ2) is 15.3. The van der Waals surface area contributed by atoms with E-state index in [-0.39, 0.29) is 30.4 Å². The number of Topliss-reactive ketones (excluding diaryl/α,β-unsaturated/α-hetero) is 1. The predicted molar refractivity (Wildman–Crippen MR) is 108 cm³/mol. The maximum Gasteiger partial charge on any atom is 0.243 e. The van der Waals surface area contributed by atoms with Crippen LogP contribution >= 0.6 is 22.0 Å². The number of rotatable bonds is 14. The largest absolute Gasteiger partial charge is 0.353 e. The number of thiol groups is 1. The number of carbonyl (C=O) groups excluding carboxylic acids is 3. The lowest BCUT2D eigenvalue weighted by molar-refractivity contribution is -0.140. The van der Waals surface area contributed by atoms with Crippen molar-refractivity contribution in [3.05, 3.63) is 0 Å². The molecule has 0 aliphatic heterocycles. The third-order valence-electron chi connectivity index (χ3n) is 3.73. The molecule has 0 fully saturated rings. The first-order valence-corrected chi connectivity index (χ1v) is 9.65. The van der Waals surface area contributed by atoms with E-state index in [2.05, 4.69) is 37.4 Å². The van der Waals surface area contributed by atoms with Gasteiger partial charge in [-0.3, -0.25) is 19.1 Å². The fourth-order valence-electron chi connectivity index (χ4n) is 2.20. The second-order valence-corrected chi connectivity index (χ2v) is 6.47. The zero-order valence-electron chi connectivity index (χ0n) is 15.2. The van der Waals surface area contributed by atoms with Crippen molar-refractivity contribution in [3.8, 4) is 0 Å². The highest BCUT2D eigenvalue weighted by molar-refractivity contribution is 7.80. The fourth-order valence-corrected chi connectivity index (χ4v) is 2.53. The maximum absolute atomic E-state index is 12.4. The molecule has 144 valence electrons. The summed E-state index contributed by atoms with van der Waals surface area (Å²) in [5.74, 6) is 0.236. The quantitative estimate of drug-likeness (QED) is 0.178. The number of unbranched alkanes of at least 4 members (excludes halogenated alkanes) is 2. The van der Waals surface area contributed by atoms with Gasteiger partial charge in [0.25, 0.3) is 0 Å². The SMILES string of the molecule is CNCCNC(=O)[C@H](CC(=O)CC=NP)N(C)C(=O)CCCCCS. The summed E-state index contributed by atoms with van der Waals surface area (Å²) in [5.41, 5.74) is 0. The van der Waals surface area contributed by atoms with Crippen LogP contribution in [0.4, 0.5) is 0 Å². The Balaban J connectivity index is 4.79. The second-order valence-electron chi connectivity index (χ2n) is 5.73. The molecule has 2 N–H and O–H groups in total. The minimum absolute atomic E-state index is 0.0129. The van der Waals surface area contributed by atoms with Crippen LogP contribution in [0.5, 0.6) is 0 Å². The summed E-state index contributed by atoms with van der Waals surface area (Å²) in [6, 6.07) is -0.792. The molecule has 0 rings (SSSR count). The molecule has 0 saturated carbocycles. The van der Waals surface area contributed by atoms with E-state index in [0.29, 0.717) is 19.5 Å². The first-order valence-electron chi connectivity index (χ1n) is 8.50. The summed E-state index contributed by atoms with van der Waals surface area (Å²) in [7, 11) is 5.53. The number of likely N-dealkylation sites (N-methyl/N-ethyl adjacent to an activating group) is 2. The molecule has 0 aliphatic carbocycles. The van der Waals surface area contributed by atoms with E-state index in [1.165, 1.54) is 11.1 Å². The van der Waals surface area contributed by atoms with Gasteiger partial charge in [-0.25, -0.2) is 0 Å². The van der Waals surface area contributed by atoms with E-state index in [9.17, 15) is 14.4 Å². The highest BCUT2D eigenvalue weighted by Gasteiger charge is 2.28. The van der Waals surface area contributed by atoms with Crippen molar-refractivity contribution >= 4 is 45.8 Å². The molecule has 2 amide bonds. The minimum Gasteiger partial charge on any atom is -0.353 e. The van der Waals surface area contributed by atoms with Gasteiger partial charge in [-0.1, -0.05) is 6.42 Å². The number of amides is 2. The van der Waals surface area contributed by atoms with Crippen LogP contribution in [0.25, 0.3) is 0 Å². The normalized spacial score (nSPS) is 12.2. The molecule has 0 bridgehead atoms. The number of ketones is 1. The van der Waals surface area contributed by atoms with Crippen LogP contribution in [0.3, 0.4) is 0 Å². The van der Waals surface area contributed by atoms with Gasteiger partial charge in [0, 0.05) is 45.6 Å². The van der Waals surface area contributed by atoms with Crippen LogP contribution in [0.2, 0.25) is 0 Å². The Morgan fingerprint density at radius 3 is 2.56 bits per heavy atom. The van der Waals surface area contributed by atoms with E-state index in [4.69, 9.17) is 0 Å². The summed E-state index contributed by atoms with van der Waals surface area (Å²) < 4.78 is 3.70. The van der Waals surface area contributed by atoms with Crippen molar-refractivity contribution in [2.75, 3.05) is 32.9 Å². The lowest BCUT2D eigenvalue weighted by atomic mass is 10.1. The summed E-state index contributed by atoms with van der Waals surface area (Å²) >= 11 is 4.15. The predicted octanol–water partition coefficient (Wildman–Crippen LogP) is 0.849. The lowest BCUT2D eigenvalue weighted by Gasteiger charge is -2.27. The van der Waals surface area contributed by atoms with Crippen LogP contribution < -0.4 is 10.6 Å². The average molecular weight is 390 g/mol. The molecule has 0 saturated heterocycles. The first kappa shape index (κ1) is 24.0. The highest BCUT2D eigenvalue weighted by atomic mass is 32.1. The van der Waals surface area contributed by atoms with Gasteiger partial charge < -0.3 is 15.5 Å². The molecule has 0 spiro atoms. The standard InChI is InChI=1S/C16H31N4O3PS/c1-17-9-10-18-16(23)14(12-13(21)7-8-19-24)20(2)15(22)6-4-3-5-11-25/h8,14,17,25H,3-7,9-12,24H2,1-2H3,(H,18,23)/t14-/m0/s1. The fraction of sp³-hybridized carbons (Fsp3) is 0.750. The molecule has 25 heavy (non-hydrogen) atoms. The van der Waals surface area contributed by atoms with Crippen molar-refractivity contribution in [2.45, 2.75) is 44.6 Å². The Labute approximate surface area is 158 Å². The van der Waals surface area contributed by atoms with E-state index >= 15 is 0 Å². The van der Waals surface area contributed by atoms with Crippen LogP contribution in [0, 0.1) is 0 Å². The third-order valence-corrected chi connectivity index (χ3v) is 4.26. The average Bonchev–Trinajstić information content (AvgIpc) is 2.60. The van der Waals surface area contributed by atoms with Gasteiger partial charge in [0.15, 0.2) is 0 Å². The van der Waals surface area contributed by atoms with Gasteiger partial charge in [0.2, 0.25) is 11.8 Å². The van der Waals surface area contributed by atoms with E-state index in [1.54, 1.807) is 14.1 Å². The third kappa shape index (κ3) is 11.3. The highest BCUT2D eigenvalue weighted by Crippen LogP contribution is 2.10. The number of carbonyl (C=O) groups is 3. The summed E-state index contributed by atoms with van der Waals surface area (Å²) in [4.78, 5) is 38.2. The Hall–Kier alpha value is -0.980. The molecule has 7 nitrogen and oxygen atoms in total. The summed E-state index contributed by atoms with van der Waals surface area (Å²) in [6.45, 7) is 1.06. The zero-order valence-corrected chi connectivity index (χ0v) is 17.2. The lowest BCUT2D eigenvalue weighted by Crippen LogP contribution is -2.49. The number of nitrogens with zero attached hydrogens (tertiary/aromatic N) is 2. The van der Waals surface area contributed by atoms with Crippen molar-refractivity contribution in [2.24, 2.45) is 4.76 Å². The molecule has 1 unspecified atom stereocenters. The molecular formula is C16H31N4O3PS. The molecule has 0 heterocycles. The van der Waals surface area contributed by atoms with Gasteiger partial charge in [-0.15, -0.1) is 0 Å². The number of hydrogen-bond acceptors (Lipinski definition) is 6. The maximum atomic E-state index is 12.4. The van der Waals surface area contributed by atoms with E-state index in [1.807, 2.05) is 0 Å². The number of hydrogen-bond donors (Lipinski definition) is 3. The number of nitrogens with one attached hydrogen (secondary N) is 2. The molecule has 9 heteroatoms. The first-order chi connectivity index (χ1) is 12.0. The summed E-state index contributed by atoms with van der Waals surface area (Å²) in [6.07, 6.45) is 4.61. The zero-order chi connectivity index (χ0) is 19.1. The van der Waals surface area contributed by atoms with Gasteiger partial charge in [-0.05, 0) is 35.0 Å². The minimum atomic E-state index is -0.792. The monoisotopic (exact) mass is 390 g/mol. The van der Waals surface area contributed by atoms with Gasteiger partial charge in [0.05, 0.1) is 0 Å². The smallest absolute Gasteiger partial charge is 0.243 e. The van der Waals surface area contributed by atoms with Crippen LogP contribution in [0.15, 0.2) is 4.76 Å². The Bertz CT molecular complexity index is 449. The Kier molecular flexibility index (Phi) is 14.7. The van der Waals surface area contributed by atoms with Crippen molar-refractivity contribution in [1.29, 1.82) is 0 Å². The Morgan fingerprint density at radius 2 is 1.96 bits per heavy atom. The molecule has 0 radical (unpaired) electrons. The van der Waals surface area contributed by atoms with Gasteiger partial charge in [0.1, 0.15) is 11.8 Å². The molecule has 0 aliphatic rings. The van der Waals surface area contributed by atoms with E-state index in [0.717, 1.165) is 25.0 Å². The van der Waals surface area contributed by atoms with Gasteiger partial charge in [-0.2, -0.15) is 12.6 Å². The topological polar surface area (TPSA) is 90.9 Å². The molecule has 0 aromatic carbocycles. The van der Waals surface area contributed by atoms with Crippen LogP contribution in [-0.2, 0) is 14.4 Å². The van der Waals surface area contributed by atoms with E-state index < -0.39 is 6.04 Å². The summed E-state index contributed by atoms with van der Waals surface area (Å²) in [5, 5.41) is 5.70. The molecule has 0 aromatic rings. The van der Waals surface area contributed by atoms with Crippen molar-refractivity contribution < 1.29 is 14.4 Å². The van der Waals surface area contributed by atoms with Crippen molar-refractivity contribution in [3.63, 3.8) is 0 Å². The Morgan fingerprint density at radius 1 is 1.24 bits per heavy atom. The van der Waals surface area contributed by atoms with Crippen molar-refractivity contribution in [1.82, 2.24) is 15.5 Å².